The molecule has 20 heavy (non-hydrogen) atoms. The van der Waals surface area contributed by atoms with E-state index in [4.69, 9.17) is 9.47 Å². The molecular formula is C16H19NO3. The molecule has 2 aromatic rings. The van der Waals surface area contributed by atoms with Crippen LogP contribution in [0.1, 0.15) is 30.4 Å². The summed E-state index contributed by atoms with van der Waals surface area (Å²) in [5.41, 5.74) is 2.44. The molecule has 106 valence electrons. The predicted molar refractivity (Wildman–Crippen MR) is 78.1 cm³/mol. The minimum absolute atomic E-state index is 0.174. The van der Waals surface area contributed by atoms with Crippen LogP contribution < -0.4 is 4.74 Å². The number of carbonyl (C=O) groups is 1. The number of hydrogen-bond acceptors (Lipinski definition) is 3. The molecule has 0 spiro atoms. The van der Waals surface area contributed by atoms with Gasteiger partial charge in [-0.05, 0) is 26.0 Å². The molecule has 0 saturated heterocycles. The highest BCUT2D eigenvalue weighted by molar-refractivity contribution is 5.90. The Hall–Kier alpha value is -2.23. The molecular weight excluding hydrogens is 254 g/mol. The first kappa shape index (κ1) is 14.2. The van der Waals surface area contributed by atoms with Crippen LogP contribution in [-0.2, 0) is 4.74 Å². The second-order valence-corrected chi connectivity index (χ2v) is 4.81. The Morgan fingerprint density at radius 1 is 1.20 bits per heavy atom. The van der Waals surface area contributed by atoms with E-state index in [-0.39, 0.29) is 12.0 Å². The zero-order valence-corrected chi connectivity index (χ0v) is 12.2. The number of carbonyl (C=O) groups excluding carboxylic acids is 1. The van der Waals surface area contributed by atoms with Crippen molar-refractivity contribution in [2.45, 2.75) is 19.9 Å². The van der Waals surface area contributed by atoms with Crippen LogP contribution in [0.15, 0.2) is 36.5 Å². The smallest absolute Gasteiger partial charge is 0.354 e. The summed E-state index contributed by atoms with van der Waals surface area (Å²) >= 11 is 0. The van der Waals surface area contributed by atoms with E-state index in [0.717, 1.165) is 16.9 Å². The molecule has 0 N–H and O–H groups in total. The van der Waals surface area contributed by atoms with Crippen LogP contribution in [0.25, 0.3) is 11.1 Å². The Kier molecular flexibility index (Phi) is 4.13. The highest BCUT2D eigenvalue weighted by Gasteiger charge is 2.18. The van der Waals surface area contributed by atoms with Gasteiger partial charge in [-0.2, -0.15) is 0 Å². The number of ether oxygens (including phenoxy) is 2. The molecule has 0 saturated carbocycles. The molecule has 4 nitrogen and oxygen atoms in total. The molecule has 2 rings (SSSR count). The van der Waals surface area contributed by atoms with Crippen molar-refractivity contribution < 1.29 is 14.3 Å². The van der Waals surface area contributed by atoms with Gasteiger partial charge < -0.3 is 14.0 Å². The van der Waals surface area contributed by atoms with Gasteiger partial charge in [0.25, 0.3) is 0 Å². The van der Waals surface area contributed by atoms with Gasteiger partial charge >= 0.3 is 5.97 Å². The second kappa shape index (κ2) is 5.82. The first-order chi connectivity index (χ1) is 9.58. The average molecular weight is 273 g/mol. The fourth-order valence-corrected chi connectivity index (χ4v) is 2.21. The van der Waals surface area contributed by atoms with Crippen molar-refractivity contribution >= 4 is 5.97 Å². The van der Waals surface area contributed by atoms with Crippen LogP contribution in [0.5, 0.6) is 5.75 Å². The Balaban J connectivity index is 2.56. The quantitative estimate of drug-likeness (QED) is 0.800. The predicted octanol–water partition coefficient (Wildman–Crippen LogP) is 3.53. The minimum Gasteiger partial charge on any atom is -0.496 e. The highest BCUT2D eigenvalue weighted by atomic mass is 16.5. The summed E-state index contributed by atoms with van der Waals surface area (Å²) in [4.78, 5) is 11.9. The SMILES string of the molecule is COC(=O)c1cc(-c2ccccc2OC)cn1C(C)C. The summed E-state index contributed by atoms with van der Waals surface area (Å²) in [6.45, 7) is 4.05. The maximum Gasteiger partial charge on any atom is 0.354 e. The average Bonchev–Trinajstić information content (AvgIpc) is 2.91. The lowest BCUT2D eigenvalue weighted by Crippen LogP contribution is -2.11. The molecule has 0 radical (unpaired) electrons. The highest BCUT2D eigenvalue weighted by Crippen LogP contribution is 2.32. The summed E-state index contributed by atoms with van der Waals surface area (Å²) in [6, 6.07) is 9.75. The Morgan fingerprint density at radius 3 is 2.50 bits per heavy atom. The summed E-state index contributed by atoms with van der Waals surface area (Å²) in [6.07, 6.45) is 1.95. The Morgan fingerprint density at radius 2 is 1.90 bits per heavy atom. The molecule has 0 amide bonds. The fourth-order valence-electron chi connectivity index (χ4n) is 2.21. The number of rotatable bonds is 4. The molecule has 0 atom stereocenters. The van der Waals surface area contributed by atoms with Crippen molar-refractivity contribution in [3.05, 3.63) is 42.2 Å². The molecule has 0 aliphatic rings. The van der Waals surface area contributed by atoms with Crippen molar-refractivity contribution in [1.82, 2.24) is 4.57 Å². The van der Waals surface area contributed by atoms with E-state index >= 15 is 0 Å². The summed E-state index contributed by atoms with van der Waals surface area (Å²) in [5, 5.41) is 0. The van der Waals surface area contributed by atoms with E-state index in [0.29, 0.717) is 5.69 Å². The summed E-state index contributed by atoms with van der Waals surface area (Å²) in [5.74, 6) is 0.449. The number of methoxy groups -OCH3 is 2. The molecule has 0 unspecified atom stereocenters. The number of hydrogen-bond donors (Lipinski definition) is 0. The minimum atomic E-state index is -0.333. The molecule has 1 heterocycles. The van der Waals surface area contributed by atoms with E-state index in [2.05, 4.69) is 0 Å². The zero-order chi connectivity index (χ0) is 14.7. The molecule has 1 aromatic heterocycles. The number of aromatic nitrogens is 1. The van der Waals surface area contributed by atoms with Crippen molar-refractivity contribution in [3.63, 3.8) is 0 Å². The van der Waals surface area contributed by atoms with E-state index in [1.54, 1.807) is 7.11 Å². The van der Waals surface area contributed by atoms with Crippen molar-refractivity contribution in [1.29, 1.82) is 0 Å². The first-order valence-corrected chi connectivity index (χ1v) is 6.52. The van der Waals surface area contributed by atoms with E-state index in [1.165, 1.54) is 7.11 Å². The lowest BCUT2D eigenvalue weighted by molar-refractivity contribution is 0.0587. The Bertz CT molecular complexity index is 614. The van der Waals surface area contributed by atoms with E-state index in [1.807, 2.05) is 54.9 Å². The molecule has 0 aliphatic heterocycles. The standard InChI is InChI=1S/C16H19NO3/c1-11(2)17-10-12(9-14(17)16(18)20-4)13-7-5-6-8-15(13)19-3/h5-11H,1-4H3. The summed E-state index contributed by atoms with van der Waals surface area (Å²) in [7, 11) is 3.03. The molecule has 0 fully saturated rings. The van der Waals surface area contributed by atoms with E-state index < -0.39 is 0 Å². The third-order valence-corrected chi connectivity index (χ3v) is 3.22. The number of benzene rings is 1. The van der Waals surface area contributed by atoms with Gasteiger partial charge in [0, 0.05) is 23.4 Å². The topological polar surface area (TPSA) is 40.5 Å². The van der Waals surface area contributed by atoms with Crippen LogP contribution in [0.2, 0.25) is 0 Å². The lowest BCUT2D eigenvalue weighted by Gasteiger charge is -2.10. The van der Waals surface area contributed by atoms with Crippen LogP contribution in [0.4, 0.5) is 0 Å². The van der Waals surface area contributed by atoms with Crippen molar-refractivity contribution in [2.24, 2.45) is 0 Å². The van der Waals surface area contributed by atoms with Crippen LogP contribution in [0.3, 0.4) is 0 Å². The Labute approximate surface area is 118 Å². The van der Waals surface area contributed by atoms with Gasteiger partial charge in [0.2, 0.25) is 0 Å². The third kappa shape index (κ3) is 2.54. The van der Waals surface area contributed by atoms with Crippen LogP contribution >= 0.6 is 0 Å². The second-order valence-electron chi connectivity index (χ2n) is 4.81. The zero-order valence-electron chi connectivity index (χ0n) is 12.2. The van der Waals surface area contributed by atoms with Gasteiger partial charge in [-0.1, -0.05) is 18.2 Å². The largest absolute Gasteiger partial charge is 0.496 e. The summed E-state index contributed by atoms with van der Waals surface area (Å²) < 4.78 is 12.1. The molecule has 4 heteroatoms. The van der Waals surface area contributed by atoms with Crippen molar-refractivity contribution in [3.8, 4) is 16.9 Å². The first-order valence-electron chi connectivity index (χ1n) is 6.52. The van der Waals surface area contributed by atoms with Crippen molar-refractivity contribution in [2.75, 3.05) is 14.2 Å². The number of nitrogens with zero attached hydrogens (tertiary/aromatic N) is 1. The molecule has 0 bridgehead atoms. The molecule has 1 aromatic carbocycles. The van der Waals surface area contributed by atoms with Crippen LogP contribution in [0, 0.1) is 0 Å². The number of para-hydroxylation sites is 1. The van der Waals surface area contributed by atoms with Gasteiger partial charge in [-0.25, -0.2) is 4.79 Å². The third-order valence-electron chi connectivity index (χ3n) is 3.22. The van der Waals surface area contributed by atoms with Gasteiger partial charge in [-0.15, -0.1) is 0 Å². The van der Waals surface area contributed by atoms with E-state index in [9.17, 15) is 4.79 Å². The molecule has 0 aliphatic carbocycles. The van der Waals surface area contributed by atoms with Gasteiger partial charge in [0.05, 0.1) is 14.2 Å². The van der Waals surface area contributed by atoms with Gasteiger partial charge in [-0.3, -0.25) is 0 Å². The normalized spacial score (nSPS) is 10.7. The fraction of sp³-hybridized carbons (Fsp3) is 0.312. The van der Waals surface area contributed by atoms with Gasteiger partial charge in [0.1, 0.15) is 11.4 Å². The van der Waals surface area contributed by atoms with Gasteiger partial charge in [0.15, 0.2) is 0 Å². The maximum absolute atomic E-state index is 11.9. The monoisotopic (exact) mass is 273 g/mol. The van der Waals surface area contributed by atoms with Crippen LogP contribution in [-0.4, -0.2) is 24.8 Å². The lowest BCUT2D eigenvalue weighted by atomic mass is 10.1. The number of esters is 1. The maximum atomic E-state index is 11.9.